The van der Waals surface area contributed by atoms with Crippen LogP contribution in [0.2, 0.25) is 0 Å². The molecule has 0 bridgehead atoms. The number of halogens is 1. The topological polar surface area (TPSA) is 116 Å². The summed E-state index contributed by atoms with van der Waals surface area (Å²) in [6, 6.07) is 5.87. The zero-order chi connectivity index (χ0) is 27.6. The third kappa shape index (κ3) is 6.19. The lowest BCUT2D eigenvalue weighted by Gasteiger charge is -2.29. The molecule has 0 radical (unpaired) electrons. The molecule has 10 heteroatoms. The molecule has 2 atom stereocenters. The summed E-state index contributed by atoms with van der Waals surface area (Å²) in [7, 11) is -3.09. The van der Waals surface area contributed by atoms with Gasteiger partial charge < -0.3 is 9.84 Å². The predicted molar refractivity (Wildman–Crippen MR) is 143 cm³/mol. The minimum atomic E-state index is -3.09. The number of aliphatic hydroxyl groups is 1. The van der Waals surface area contributed by atoms with Crippen LogP contribution in [0.25, 0.3) is 10.9 Å². The van der Waals surface area contributed by atoms with E-state index < -0.39 is 27.8 Å². The summed E-state index contributed by atoms with van der Waals surface area (Å²) in [5, 5.41) is 10.8. The molecule has 204 valence electrons. The highest BCUT2D eigenvalue weighted by Gasteiger charge is 2.27. The van der Waals surface area contributed by atoms with Crippen LogP contribution in [-0.2, 0) is 21.0 Å². The fraction of sp³-hybridized carbons (Fsp3) is 0.464. The minimum Gasteiger partial charge on any atom is -0.389 e. The van der Waals surface area contributed by atoms with Crippen molar-refractivity contribution in [2.24, 2.45) is 0 Å². The van der Waals surface area contributed by atoms with Crippen molar-refractivity contribution in [1.29, 1.82) is 0 Å². The molecule has 0 saturated carbocycles. The fourth-order valence-electron chi connectivity index (χ4n) is 4.97. The second-order valence-electron chi connectivity index (χ2n) is 10.1. The molecule has 0 aliphatic carbocycles. The summed E-state index contributed by atoms with van der Waals surface area (Å²) in [6.07, 6.45) is 3.52. The number of hydrogen-bond acceptors (Lipinski definition) is 7. The third-order valence-corrected chi connectivity index (χ3v) is 8.32. The molecule has 1 saturated heterocycles. The van der Waals surface area contributed by atoms with Gasteiger partial charge in [-0.2, -0.15) is 0 Å². The number of aromatic nitrogens is 2. The predicted octanol–water partition coefficient (Wildman–Crippen LogP) is 3.46. The molecule has 8 nitrogen and oxygen atoms in total. The summed E-state index contributed by atoms with van der Waals surface area (Å²) in [5.41, 5.74) is 3.64. The normalized spacial score (nSPS) is 18.1. The van der Waals surface area contributed by atoms with Crippen LogP contribution in [-0.4, -0.2) is 60.2 Å². The molecule has 1 aromatic heterocycles. The zero-order valence-corrected chi connectivity index (χ0v) is 22.7. The number of ketones is 1. The molecule has 1 N–H and O–H groups in total. The van der Waals surface area contributed by atoms with Gasteiger partial charge in [0, 0.05) is 25.0 Å². The average Bonchev–Trinajstić information content (AvgIpc) is 2.85. The van der Waals surface area contributed by atoms with Crippen molar-refractivity contribution in [3.8, 4) is 0 Å². The van der Waals surface area contributed by atoms with Crippen molar-refractivity contribution < 1.29 is 27.4 Å². The van der Waals surface area contributed by atoms with E-state index in [4.69, 9.17) is 4.74 Å². The van der Waals surface area contributed by atoms with E-state index in [2.05, 4.69) is 4.98 Å². The van der Waals surface area contributed by atoms with Gasteiger partial charge in [-0.15, -0.1) is 0 Å². The van der Waals surface area contributed by atoms with E-state index in [1.54, 1.807) is 12.1 Å². The standard InChI is InChI=1S/C28H33FN2O6S/c1-17-18(2)27-22(28(34)31(16-30-27)24-9-10-37-15-26(24)33)14-20(17)12-19-7-8-21(23(29)13-19)25(32)6-4-5-11-38(3,35)36/h7-8,13-14,16,24,26,33H,4-6,9-12,15H2,1-3H3/t24-,26-/m0/s1. The largest absolute Gasteiger partial charge is 0.389 e. The Morgan fingerprint density at radius 3 is 2.66 bits per heavy atom. The first-order valence-corrected chi connectivity index (χ1v) is 14.8. The van der Waals surface area contributed by atoms with Crippen LogP contribution in [0.3, 0.4) is 0 Å². The molecular formula is C28H33FN2O6S. The van der Waals surface area contributed by atoms with Crippen molar-refractivity contribution in [2.75, 3.05) is 25.2 Å². The van der Waals surface area contributed by atoms with E-state index >= 15 is 0 Å². The summed E-state index contributed by atoms with van der Waals surface area (Å²) in [6.45, 7) is 4.45. The number of aliphatic hydroxyl groups excluding tert-OH is 1. The summed E-state index contributed by atoms with van der Waals surface area (Å²) in [5.74, 6) is -0.979. The minimum absolute atomic E-state index is 0.00245. The van der Waals surface area contributed by atoms with Gasteiger partial charge in [-0.3, -0.25) is 14.2 Å². The van der Waals surface area contributed by atoms with E-state index in [9.17, 15) is 27.5 Å². The maximum absolute atomic E-state index is 14.9. The van der Waals surface area contributed by atoms with Crippen molar-refractivity contribution in [2.45, 2.75) is 58.1 Å². The Hall–Kier alpha value is -2.95. The van der Waals surface area contributed by atoms with Gasteiger partial charge in [-0.1, -0.05) is 6.07 Å². The van der Waals surface area contributed by atoms with Gasteiger partial charge in [0.15, 0.2) is 5.78 Å². The molecule has 3 aromatic rings. The number of carbonyl (C=O) groups excluding carboxylic acids is 1. The Morgan fingerprint density at radius 2 is 1.97 bits per heavy atom. The Balaban J connectivity index is 1.57. The van der Waals surface area contributed by atoms with E-state index in [1.165, 1.54) is 23.0 Å². The summed E-state index contributed by atoms with van der Waals surface area (Å²) >= 11 is 0. The van der Waals surface area contributed by atoms with Crippen LogP contribution in [0.4, 0.5) is 4.39 Å². The molecule has 0 spiro atoms. The lowest BCUT2D eigenvalue weighted by molar-refractivity contribution is -0.0395. The van der Waals surface area contributed by atoms with Gasteiger partial charge in [0.2, 0.25) is 0 Å². The Kier molecular flexibility index (Phi) is 8.44. The van der Waals surface area contributed by atoms with Crippen LogP contribution >= 0.6 is 0 Å². The first-order chi connectivity index (χ1) is 18.0. The lowest BCUT2D eigenvalue weighted by atomic mass is 9.93. The second kappa shape index (κ2) is 11.4. The van der Waals surface area contributed by atoms with Gasteiger partial charge in [-0.05, 0) is 80.0 Å². The number of sulfone groups is 1. The number of rotatable bonds is 9. The van der Waals surface area contributed by atoms with Gasteiger partial charge in [0.05, 0.1) is 41.5 Å². The molecule has 4 rings (SSSR count). The number of carbonyl (C=O) groups is 1. The monoisotopic (exact) mass is 544 g/mol. The van der Waals surface area contributed by atoms with E-state index in [1.807, 2.05) is 13.8 Å². The SMILES string of the molecule is Cc1c(Cc2ccc(C(=O)CCCCS(C)(=O)=O)c(F)c2)cc2c(=O)n([C@H]3CCOC[C@@H]3O)cnc2c1C. The van der Waals surface area contributed by atoms with Crippen molar-refractivity contribution in [1.82, 2.24) is 9.55 Å². The number of ether oxygens (including phenoxy) is 1. The molecule has 38 heavy (non-hydrogen) atoms. The highest BCUT2D eigenvalue weighted by atomic mass is 32.2. The number of hydrogen-bond donors (Lipinski definition) is 1. The maximum Gasteiger partial charge on any atom is 0.261 e. The molecule has 1 aliphatic rings. The third-order valence-electron chi connectivity index (χ3n) is 7.29. The molecule has 0 unspecified atom stereocenters. The van der Waals surface area contributed by atoms with E-state index in [-0.39, 0.29) is 35.7 Å². The van der Waals surface area contributed by atoms with Crippen LogP contribution in [0.1, 0.15) is 64.3 Å². The zero-order valence-electron chi connectivity index (χ0n) is 21.9. The van der Waals surface area contributed by atoms with Gasteiger partial charge in [0.1, 0.15) is 15.7 Å². The smallest absolute Gasteiger partial charge is 0.261 e. The maximum atomic E-state index is 14.9. The Labute approximate surface area is 221 Å². The highest BCUT2D eigenvalue weighted by Crippen LogP contribution is 2.26. The molecule has 1 aliphatic heterocycles. The molecule has 2 aromatic carbocycles. The van der Waals surface area contributed by atoms with Gasteiger partial charge in [-0.25, -0.2) is 17.8 Å². The molecule has 1 fully saturated rings. The van der Waals surface area contributed by atoms with E-state index in [0.717, 1.165) is 22.9 Å². The van der Waals surface area contributed by atoms with Crippen LogP contribution in [0.5, 0.6) is 0 Å². The Bertz CT molecular complexity index is 1530. The van der Waals surface area contributed by atoms with Crippen molar-refractivity contribution >= 4 is 26.5 Å². The lowest BCUT2D eigenvalue weighted by Crippen LogP contribution is -2.39. The molecule has 0 amide bonds. The number of aryl methyl sites for hydroxylation is 1. The fourth-order valence-corrected chi connectivity index (χ4v) is 5.70. The van der Waals surface area contributed by atoms with Crippen LogP contribution in [0, 0.1) is 19.7 Å². The summed E-state index contributed by atoms with van der Waals surface area (Å²) < 4.78 is 44.1. The van der Waals surface area contributed by atoms with Gasteiger partial charge in [0.25, 0.3) is 5.56 Å². The Morgan fingerprint density at radius 1 is 1.21 bits per heavy atom. The number of benzene rings is 2. The van der Waals surface area contributed by atoms with Crippen LogP contribution in [0.15, 0.2) is 35.4 Å². The van der Waals surface area contributed by atoms with Gasteiger partial charge >= 0.3 is 0 Å². The second-order valence-corrected chi connectivity index (χ2v) is 12.4. The molecular weight excluding hydrogens is 511 g/mol. The average molecular weight is 545 g/mol. The van der Waals surface area contributed by atoms with Crippen molar-refractivity contribution in [3.63, 3.8) is 0 Å². The first-order valence-electron chi connectivity index (χ1n) is 12.7. The van der Waals surface area contributed by atoms with Crippen molar-refractivity contribution in [3.05, 3.63) is 74.6 Å². The highest BCUT2D eigenvalue weighted by molar-refractivity contribution is 7.90. The number of fused-ring (bicyclic) bond motifs is 1. The number of Topliss-reactive ketones (excluding diaryl/α,β-unsaturated/α-hetero) is 1. The quantitative estimate of drug-likeness (QED) is 0.324. The molecule has 2 heterocycles. The number of unbranched alkanes of at least 4 members (excludes halogenated alkanes) is 1. The van der Waals surface area contributed by atoms with E-state index in [0.29, 0.717) is 48.8 Å². The number of nitrogens with zero attached hydrogens (tertiary/aromatic N) is 2. The van der Waals surface area contributed by atoms with Crippen LogP contribution < -0.4 is 5.56 Å². The first kappa shape index (κ1) is 28.1. The summed E-state index contributed by atoms with van der Waals surface area (Å²) in [4.78, 5) is 30.4.